The van der Waals surface area contributed by atoms with Crippen LogP contribution in [0.5, 0.6) is 5.88 Å². The third-order valence-corrected chi connectivity index (χ3v) is 4.87. The topological polar surface area (TPSA) is 111 Å². The maximum Gasteiger partial charge on any atom is 0.326 e. The van der Waals surface area contributed by atoms with E-state index in [1.54, 1.807) is 26.0 Å². The van der Waals surface area contributed by atoms with E-state index >= 15 is 0 Å². The van der Waals surface area contributed by atoms with Crippen molar-refractivity contribution >= 4 is 33.4 Å². The van der Waals surface area contributed by atoms with Crippen molar-refractivity contribution in [3.8, 4) is 5.88 Å². The molecule has 0 fully saturated rings. The fourth-order valence-corrected chi connectivity index (χ4v) is 3.51. The molecule has 0 radical (unpaired) electrons. The van der Waals surface area contributed by atoms with Crippen LogP contribution >= 0.6 is 11.3 Å². The first-order valence-electron chi connectivity index (χ1n) is 7.90. The number of hydrogen-bond acceptors (Lipinski definition) is 7. The van der Waals surface area contributed by atoms with Gasteiger partial charge in [-0.05, 0) is 25.8 Å². The highest BCUT2D eigenvalue weighted by molar-refractivity contribution is 7.20. The maximum absolute atomic E-state index is 12.6. The van der Waals surface area contributed by atoms with Crippen molar-refractivity contribution in [3.63, 3.8) is 0 Å². The van der Waals surface area contributed by atoms with Gasteiger partial charge in [-0.25, -0.2) is 9.78 Å². The maximum atomic E-state index is 12.6. The lowest BCUT2D eigenvalue weighted by molar-refractivity contribution is -0.139. The lowest BCUT2D eigenvalue weighted by atomic mass is 10.1. The molecule has 1 unspecified atom stereocenters. The molecular formula is C17H21N3O5S. The molecule has 1 amide bonds. The number of allylic oxidation sites excluding steroid dienone is 1. The van der Waals surface area contributed by atoms with Gasteiger partial charge in [0.25, 0.3) is 5.91 Å². The quantitative estimate of drug-likeness (QED) is 0.677. The normalized spacial score (nSPS) is 12.5. The average Bonchev–Trinajstić information content (AvgIpc) is 2.94. The molecule has 2 heterocycles. The number of aromatic nitrogens is 2. The van der Waals surface area contributed by atoms with Gasteiger partial charge in [0.05, 0.1) is 17.4 Å². The Bertz CT molecular complexity index is 847. The van der Waals surface area contributed by atoms with Gasteiger partial charge in [0.15, 0.2) is 5.82 Å². The predicted molar refractivity (Wildman–Crippen MR) is 97.7 cm³/mol. The van der Waals surface area contributed by atoms with Crippen molar-refractivity contribution in [3.05, 3.63) is 28.4 Å². The Balaban J connectivity index is 2.41. The minimum atomic E-state index is -1.09. The van der Waals surface area contributed by atoms with Crippen molar-refractivity contribution in [2.24, 2.45) is 0 Å². The molecule has 0 aliphatic carbocycles. The van der Waals surface area contributed by atoms with E-state index in [0.717, 1.165) is 0 Å². The molecule has 1 atom stereocenters. The van der Waals surface area contributed by atoms with Crippen LogP contribution in [-0.2, 0) is 16.1 Å². The zero-order valence-corrected chi connectivity index (χ0v) is 15.8. The van der Waals surface area contributed by atoms with Crippen molar-refractivity contribution < 1.29 is 24.2 Å². The van der Waals surface area contributed by atoms with Crippen molar-refractivity contribution in [2.45, 2.75) is 32.9 Å². The van der Waals surface area contributed by atoms with E-state index in [2.05, 4.69) is 15.3 Å². The molecule has 0 aliphatic rings. The molecular weight excluding hydrogens is 358 g/mol. The summed E-state index contributed by atoms with van der Waals surface area (Å²) in [7, 11) is 3.03. The van der Waals surface area contributed by atoms with Gasteiger partial charge in [0.2, 0.25) is 5.88 Å². The summed E-state index contributed by atoms with van der Waals surface area (Å²) in [4.78, 5) is 33.6. The second-order valence-electron chi connectivity index (χ2n) is 5.49. The second kappa shape index (κ2) is 8.72. The molecule has 0 aromatic carbocycles. The van der Waals surface area contributed by atoms with Gasteiger partial charge in [-0.15, -0.1) is 11.3 Å². The summed E-state index contributed by atoms with van der Waals surface area (Å²) >= 11 is 1.17. The van der Waals surface area contributed by atoms with E-state index < -0.39 is 17.9 Å². The Kier molecular flexibility index (Phi) is 6.64. The van der Waals surface area contributed by atoms with E-state index in [1.165, 1.54) is 25.6 Å². The van der Waals surface area contributed by atoms with Gasteiger partial charge in [0, 0.05) is 7.11 Å². The van der Waals surface area contributed by atoms with E-state index in [1.807, 2.05) is 0 Å². The number of rotatable bonds is 8. The minimum Gasteiger partial charge on any atom is -0.480 e. The first kappa shape index (κ1) is 19.8. The van der Waals surface area contributed by atoms with Gasteiger partial charge in [0.1, 0.15) is 17.5 Å². The van der Waals surface area contributed by atoms with E-state index in [-0.39, 0.29) is 13.0 Å². The molecule has 2 N–H and O–H groups in total. The van der Waals surface area contributed by atoms with Crippen LogP contribution in [0.1, 0.15) is 34.4 Å². The molecule has 0 saturated carbocycles. The molecule has 0 aliphatic heterocycles. The average molecular weight is 379 g/mol. The number of carbonyl (C=O) groups excluding carboxylic acids is 1. The second-order valence-corrected chi connectivity index (χ2v) is 6.49. The Morgan fingerprint density at radius 2 is 2.08 bits per heavy atom. The number of methoxy groups -OCH3 is 2. The predicted octanol–water partition coefficient (Wildman–Crippen LogP) is 2.30. The molecule has 0 spiro atoms. The number of carboxylic acids is 1. The summed E-state index contributed by atoms with van der Waals surface area (Å²) in [5.74, 6) is -0.743. The number of aliphatic carboxylic acids is 1. The minimum absolute atomic E-state index is 0.211. The van der Waals surface area contributed by atoms with E-state index in [4.69, 9.17) is 9.47 Å². The van der Waals surface area contributed by atoms with Crippen LogP contribution in [0, 0.1) is 6.92 Å². The Morgan fingerprint density at radius 3 is 2.65 bits per heavy atom. The number of nitrogens with zero attached hydrogens (tertiary/aromatic N) is 2. The summed E-state index contributed by atoms with van der Waals surface area (Å²) in [6.45, 7) is 3.77. The lowest BCUT2D eigenvalue weighted by Gasteiger charge is -2.12. The van der Waals surface area contributed by atoms with E-state index in [0.29, 0.717) is 32.4 Å². The smallest absolute Gasteiger partial charge is 0.326 e. The zero-order chi connectivity index (χ0) is 19.3. The summed E-state index contributed by atoms with van der Waals surface area (Å²) < 4.78 is 10.4. The monoisotopic (exact) mass is 379 g/mol. The van der Waals surface area contributed by atoms with Gasteiger partial charge >= 0.3 is 5.97 Å². The van der Waals surface area contributed by atoms with Gasteiger partial charge in [-0.1, -0.05) is 12.2 Å². The van der Waals surface area contributed by atoms with Crippen LogP contribution in [-0.4, -0.2) is 47.2 Å². The summed E-state index contributed by atoms with van der Waals surface area (Å²) in [6, 6.07) is -1.000. The molecule has 26 heavy (non-hydrogen) atoms. The molecule has 2 aromatic heterocycles. The molecule has 9 heteroatoms. The highest BCUT2D eigenvalue weighted by Gasteiger charge is 2.25. The summed E-state index contributed by atoms with van der Waals surface area (Å²) in [5, 5.41) is 12.5. The third-order valence-electron chi connectivity index (χ3n) is 3.69. The number of hydrogen-bond donors (Lipinski definition) is 2. The van der Waals surface area contributed by atoms with Gasteiger partial charge in [-0.2, -0.15) is 4.98 Å². The van der Waals surface area contributed by atoms with Crippen LogP contribution in [0.3, 0.4) is 0 Å². The molecule has 8 nitrogen and oxygen atoms in total. The fraction of sp³-hybridized carbons (Fsp3) is 0.412. The molecule has 0 saturated heterocycles. The highest BCUT2D eigenvalue weighted by Crippen LogP contribution is 2.35. The van der Waals surface area contributed by atoms with E-state index in [9.17, 15) is 14.7 Å². The number of fused-ring (bicyclic) bond motifs is 1. The van der Waals surface area contributed by atoms with Crippen molar-refractivity contribution in [1.82, 2.24) is 15.3 Å². The number of amides is 1. The Labute approximate surface area is 154 Å². The van der Waals surface area contributed by atoms with Crippen molar-refractivity contribution in [2.75, 3.05) is 14.2 Å². The Hall–Kier alpha value is -2.52. The number of thiophene rings is 1. The largest absolute Gasteiger partial charge is 0.480 e. The molecule has 2 rings (SSSR count). The Morgan fingerprint density at radius 1 is 1.35 bits per heavy atom. The van der Waals surface area contributed by atoms with Crippen LogP contribution in [0.2, 0.25) is 0 Å². The SMILES string of the molecule is C/C=C/CC(NC(=O)c1sc2nc(COC)nc(OC)c2c1C)C(=O)O. The first-order valence-corrected chi connectivity index (χ1v) is 8.72. The number of nitrogens with one attached hydrogen (secondary N) is 1. The highest BCUT2D eigenvalue weighted by atomic mass is 32.1. The third kappa shape index (κ3) is 4.17. The van der Waals surface area contributed by atoms with Gasteiger partial charge < -0.3 is 19.9 Å². The zero-order valence-electron chi connectivity index (χ0n) is 15.0. The first-order chi connectivity index (χ1) is 12.4. The van der Waals surface area contributed by atoms with Gasteiger partial charge in [-0.3, -0.25) is 4.79 Å². The molecule has 0 bridgehead atoms. The number of aryl methyl sites for hydroxylation is 1. The number of carboxylic acid groups (broad SMARTS) is 1. The summed E-state index contributed by atoms with van der Waals surface area (Å²) in [5.41, 5.74) is 0.651. The standard InChI is InChI=1S/C17H21N3O5S/c1-5-6-7-10(17(22)23)18-14(21)13-9(2)12-15(25-4)19-11(8-24-3)20-16(12)26-13/h5-6,10H,7-8H2,1-4H3,(H,18,21)(H,22,23)/b6-5+. The molecule has 2 aromatic rings. The van der Waals surface area contributed by atoms with Crippen LogP contribution in [0.4, 0.5) is 0 Å². The fourth-order valence-electron chi connectivity index (χ4n) is 2.42. The number of ether oxygens (including phenoxy) is 2. The number of carbonyl (C=O) groups is 2. The molecule has 140 valence electrons. The van der Waals surface area contributed by atoms with Crippen LogP contribution in [0.25, 0.3) is 10.2 Å². The van der Waals surface area contributed by atoms with Crippen molar-refractivity contribution in [1.29, 1.82) is 0 Å². The van der Waals surface area contributed by atoms with Crippen LogP contribution in [0.15, 0.2) is 12.2 Å². The van der Waals surface area contributed by atoms with Crippen LogP contribution < -0.4 is 10.1 Å². The summed E-state index contributed by atoms with van der Waals surface area (Å²) in [6.07, 6.45) is 3.65. The lowest BCUT2D eigenvalue weighted by Crippen LogP contribution is -2.40.